The van der Waals surface area contributed by atoms with Crippen molar-refractivity contribution in [2.75, 3.05) is 0 Å². The molecule has 1 unspecified atom stereocenters. The SMILES string of the molecule is CC(Cl)Cn1c(=O)[nH]c2cscc2c1=O. The first-order valence-electron chi connectivity index (χ1n) is 4.42. The van der Waals surface area contributed by atoms with Crippen LogP contribution in [0.4, 0.5) is 0 Å². The van der Waals surface area contributed by atoms with Gasteiger partial charge in [-0.3, -0.25) is 9.36 Å². The Bertz CT molecular complexity index is 596. The molecule has 6 heteroatoms. The molecule has 80 valence electrons. The Morgan fingerprint density at radius 1 is 1.53 bits per heavy atom. The van der Waals surface area contributed by atoms with E-state index >= 15 is 0 Å². The molecule has 4 nitrogen and oxygen atoms in total. The predicted octanol–water partition coefficient (Wildman–Crippen LogP) is 1.38. The van der Waals surface area contributed by atoms with E-state index < -0.39 is 5.69 Å². The Morgan fingerprint density at radius 3 is 2.93 bits per heavy atom. The maximum atomic E-state index is 11.8. The number of hydrogen-bond acceptors (Lipinski definition) is 3. The van der Waals surface area contributed by atoms with Crippen molar-refractivity contribution in [2.24, 2.45) is 0 Å². The van der Waals surface area contributed by atoms with Gasteiger partial charge in [-0.1, -0.05) is 0 Å². The second-order valence-corrected chi connectivity index (χ2v) is 4.81. The first-order chi connectivity index (χ1) is 7.09. The van der Waals surface area contributed by atoms with Gasteiger partial charge < -0.3 is 4.98 Å². The van der Waals surface area contributed by atoms with Crippen molar-refractivity contribution in [3.8, 4) is 0 Å². The molecule has 0 radical (unpaired) electrons. The van der Waals surface area contributed by atoms with Crippen LogP contribution in [0.15, 0.2) is 20.3 Å². The highest BCUT2D eigenvalue weighted by Gasteiger charge is 2.09. The van der Waals surface area contributed by atoms with Gasteiger partial charge in [0.25, 0.3) is 5.56 Å². The highest BCUT2D eigenvalue weighted by molar-refractivity contribution is 7.09. The first kappa shape index (κ1) is 10.4. The quantitative estimate of drug-likeness (QED) is 0.812. The summed E-state index contributed by atoms with van der Waals surface area (Å²) in [6.45, 7) is 1.97. The lowest BCUT2D eigenvalue weighted by Gasteiger charge is -2.05. The molecule has 0 spiro atoms. The van der Waals surface area contributed by atoms with E-state index in [0.717, 1.165) is 4.57 Å². The fourth-order valence-electron chi connectivity index (χ4n) is 1.40. The lowest BCUT2D eigenvalue weighted by molar-refractivity contribution is 0.629. The topological polar surface area (TPSA) is 54.9 Å². The Kier molecular flexibility index (Phi) is 2.67. The van der Waals surface area contributed by atoms with Crippen molar-refractivity contribution >= 4 is 33.8 Å². The van der Waals surface area contributed by atoms with Crippen LogP contribution >= 0.6 is 22.9 Å². The number of aromatic amines is 1. The zero-order valence-corrected chi connectivity index (χ0v) is 9.56. The molecular formula is C9H9ClN2O2S. The second kappa shape index (κ2) is 3.83. The summed E-state index contributed by atoms with van der Waals surface area (Å²) in [5.41, 5.74) is -0.0885. The van der Waals surface area contributed by atoms with Crippen LogP contribution in [0.3, 0.4) is 0 Å². The fraction of sp³-hybridized carbons (Fsp3) is 0.333. The summed E-state index contributed by atoms with van der Waals surface area (Å²) in [7, 11) is 0. The smallest absolute Gasteiger partial charge is 0.306 e. The molecule has 2 aromatic rings. The van der Waals surface area contributed by atoms with Gasteiger partial charge in [0.05, 0.1) is 10.9 Å². The molecule has 1 N–H and O–H groups in total. The second-order valence-electron chi connectivity index (χ2n) is 3.33. The number of hydrogen-bond donors (Lipinski definition) is 1. The maximum absolute atomic E-state index is 11.8. The van der Waals surface area contributed by atoms with Gasteiger partial charge in [0, 0.05) is 22.7 Å². The highest BCUT2D eigenvalue weighted by Crippen LogP contribution is 2.10. The van der Waals surface area contributed by atoms with Crippen LogP contribution in [-0.4, -0.2) is 14.9 Å². The van der Waals surface area contributed by atoms with E-state index in [0.29, 0.717) is 10.9 Å². The van der Waals surface area contributed by atoms with Crippen molar-refractivity contribution in [1.82, 2.24) is 9.55 Å². The van der Waals surface area contributed by atoms with Crippen LogP contribution in [0.1, 0.15) is 6.92 Å². The standard InChI is InChI=1S/C9H9ClN2O2S/c1-5(10)2-12-8(13)6-3-15-4-7(6)11-9(12)14/h3-5H,2H2,1H3,(H,11,14). The molecule has 2 aromatic heterocycles. The number of aromatic nitrogens is 2. The first-order valence-corrected chi connectivity index (χ1v) is 5.80. The molecule has 0 aromatic carbocycles. The third-order valence-corrected chi connectivity index (χ3v) is 2.94. The van der Waals surface area contributed by atoms with Crippen molar-refractivity contribution in [2.45, 2.75) is 18.8 Å². The summed E-state index contributed by atoms with van der Waals surface area (Å²) in [4.78, 5) is 26.0. The molecular weight excluding hydrogens is 236 g/mol. The third-order valence-electron chi connectivity index (χ3n) is 2.06. The third kappa shape index (κ3) is 1.85. The predicted molar refractivity (Wildman–Crippen MR) is 62.0 cm³/mol. The molecule has 0 aliphatic heterocycles. The van der Waals surface area contributed by atoms with E-state index in [1.165, 1.54) is 11.3 Å². The highest BCUT2D eigenvalue weighted by atomic mass is 35.5. The van der Waals surface area contributed by atoms with Crippen LogP contribution in [0.2, 0.25) is 0 Å². The normalized spacial score (nSPS) is 13.2. The van der Waals surface area contributed by atoms with Gasteiger partial charge in [-0.15, -0.1) is 22.9 Å². The molecule has 2 rings (SSSR count). The van der Waals surface area contributed by atoms with Crippen LogP contribution < -0.4 is 11.2 Å². The summed E-state index contributed by atoms with van der Waals surface area (Å²) in [5, 5.41) is 3.76. The summed E-state index contributed by atoms with van der Waals surface area (Å²) in [5.74, 6) is 0. The summed E-state index contributed by atoms with van der Waals surface area (Å²) in [6.07, 6.45) is 0. The Morgan fingerprint density at radius 2 is 2.27 bits per heavy atom. The zero-order valence-electron chi connectivity index (χ0n) is 7.99. The minimum atomic E-state index is -0.404. The molecule has 0 bridgehead atoms. The lowest BCUT2D eigenvalue weighted by atomic mass is 10.4. The lowest BCUT2D eigenvalue weighted by Crippen LogP contribution is -2.36. The largest absolute Gasteiger partial charge is 0.328 e. The van der Waals surface area contributed by atoms with Gasteiger partial charge in [-0.2, -0.15) is 0 Å². The zero-order chi connectivity index (χ0) is 11.0. The molecule has 0 amide bonds. The monoisotopic (exact) mass is 244 g/mol. The number of fused-ring (bicyclic) bond motifs is 1. The van der Waals surface area contributed by atoms with Gasteiger partial charge in [0.15, 0.2) is 0 Å². The van der Waals surface area contributed by atoms with Gasteiger partial charge in [-0.25, -0.2) is 4.79 Å². The Balaban J connectivity index is 2.73. The molecule has 15 heavy (non-hydrogen) atoms. The number of nitrogens with one attached hydrogen (secondary N) is 1. The van der Waals surface area contributed by atoms with Gasteiger partial charge in [0.1, 0.15) is 0 Å². The minimum absolute atomic E-state index is 0.224. The van der Waals surface area contributed by atoms with E-state index in [9.17, 15) is 9.59 Å². The van der Waals surface area contributed by atoms with Crippen molar-refractivity contribution < 1.29 is 0 Å². The van der Waals surface area contributed by atoms with E-state index in [4.69, 9.17) is 11.6 Å². The van der Waals surface area contributed by atoms with E-state index in [-0.39, 0.29) is 17.5 Å². The average Bonchev–Trinajstić information content (AvgIpc) is 2.59. The minimum Gasteiger partial charge on any atom is -0.306 e. The number of alkyl halides is 1. The van der Waals surface area contributed by atoms with Crippen LogP contribution in [0.5, 0.6) is 0 Å². The molecule has 0 fully saturated rings. The number of H-pyrrole nitrogens is 1. The number of halogens is 1. The molecule has 2 heterocycles. The Hall–Kier alpha value is -1.07. The van der Waals surface area contributed by atoms with Gasteiger partial charge >= 0.3 is 5.69 Å². The number of thiophene rings is 1. The van der Waals surface area contributed by atoms with Crippen molar-refractivity contribution in [3.05, 3.63) is 31.6 Å². The molecule has 0 aliphatic carbocycles. The Labute approximate surface area is 94.1 Å². The fourth-order valence-corrected chi connectivity index (χ4v) is 2.29. The van der Waals surface area contributed by atoms with Gasteiger partial charge in [0.2, 0.25) is 0 Å². The maximum Gasteiger partial charge on any atom is 0.328 e. The van der Waals surface area contributed by atoms with Crippen molar-refractivity contribution in [1.29, 1.82) is 0 Å². The summed E-state index contributed by atoms with van der Waals surface area (Å²) in [6, 6.07) is 0. The molecule has 0 saturated heterocycles. The van der Waals surface area contributed by atoms with E-state index in [2.05, 4.69) is 4.98 Å². The summed E-state index contributed by atoms with van der Waals surface area (Å²) < 4.78 is 1.13. The molecule has 0 aliphatic rings. The molecule has 1 atom stereocenters. The van der Waals surface area contributed by atoms with E-state index in [1.807, 2.05) is 0 Å². The van der Waals surface area contributed by atoms with Crippen LogP contribution in [0.25, 0.3) is 10.9 Å². The van der Waals surface area contributed by atoms with Crippen LogP contribution in [-0.2, 0) is 6.54 Å². The van der Waals surface area contributed by atoms with E-state index in [1.54, 1.807) is 17.7 Å². The average molecular weight is 245 g/mol. The van der Waals surface area contributed by atoms with Crippen molar-refractivity contribution in [3.63, 3.8) is 0 Å². The summed E-state index contributed by atoms with van der Waals surface area (Å²) >= 11 is 7.16. The number of nitrogens with zero attached hydrogens (tertiary/aromatic N) is 1. The van der Waals surface area contributed by atoms with Crippen LogP contribution in [0, 0.1) is 0 Å². The van der Waals surface area contributed by atoms with Gasteiger partial charge in [-0.05, 0) is 6.92 Å². The molecule has 0 saturated carbocycles. The number of rotatable bonds is 2.